The Labute approximate surface area is 95.7 Å². The van der Waals surface area contributed by atoms with Crippen molar-refractivity contribution in [2.24, 2.45) is 7.05 Å². The number of hydrogen-bond donors (Lipinski definition) is 1. The standard InChI is InChI=1S/C9H10BrN5/c1-15-6-7(3-14-15)2-11-9-12-4-8(10)5-13-9/h3-6H,2H2,1H3,(H,11,12,13). The second-order valence-corrected chi connectivity index (χ2v) is 4.02. The summed E-state index contributed by atoms with van der Waals surface area (Å²) in [5.74, 6) is 0.613. The summed E-state index contributed by atoms with van der Waals surface area (Å²) in [4.78, 5) is 8.21. The van der Waals surface area contributed by atoms with Crippen LogP contribution in [0.4, 0.5) is 5.95 Å². The van der Waals surface area contributed by atoms with E-state index in [2.05, 4.69) is 36.3 Å². The Kier molecular flexibility index (Phi) is 2.96. The fourth-order valence-electron chi connectivity index (χ4n) is 1.15. The molecule has 0 aromatic carbocycles. The lowest BCUT2D eigenvalue weighted by Crippen LogP contribution is -2.02. The van der Waals surface area contributed by atoms with Gasteiger partial charge >= 0.3 is 0 Å². The predicted molar refractivity (Wildman–Crippen MR) is 60.3 cm³/mol. The van der Waals surface area contributed by atoms with Gasteiger partial charge in [0.1, 0.15) is 0 Å². The average molecular weight is 268 g/mol. The Hall–Kier alpha value is -1.43. The van der Waals surface area contributed by atoms with Crippen LogP contribution in [0.3, 0.4) is 0 Å². The predicted octanol–water partition coefficient (Wildman–Crippen LogP) is 1.58. The quantitative estimate of drug-likeness (QED) is 0.918. The van der Waals surface area contributed by atoms with Crippen LogP contribution in [0.15, 0.2) is 29.3 Å². The zero-order valence-electron chi connectivity index (χ0n) is 8.18. The Morgan fingerprint density at radius 3 is 2.67 bits per heavy atom. The number of aromatic nitrogens is 4. The van der Waals surface area contributed by atoms with Crippen LogP contribution in [0.2, 0.25) is 0 Å². The van der Waals surface area contributed by atoms with Gasteiger partial charge in [-0.3, -0.25) is 4.68 Å². The molecule has 0 saturated carbocycles. The number of nitrogens with one attached hydrogen (secondary N) is 1. The van der Waals surface area contributed by atoms with Crippen molar-refractivity contribution in [2.75, 3.05) is 5.32 Å². The number of anilines is 1. The van der Waals surface area contributed by atoms with E-state index in [1.54, 1.807) is 17.1 Å². The third-order valence-corrected chi connectivity index (χ3v) is 2.24. The van der Waals surface area contributed by atoms with Crippen LogP contribution in [-0.2, 0) is 13.6 Å². The van der Waals surface area contributed by atoms with Crippen LogP contribution in [0.5, 0.6) is 0 Å². The molecule has 0 aliphatic rings. The Morgan fingerprint density at radius 2 is 2.07 bits per heavy atom. The number of nitrogens with zero attached hydrogens (tertiary/aromatic N) is 4. The van der Waals surface area contributed by atoms with Crippen molar-refractivity contribution in [3.63, 3.8) is 0 Å². The third kappa shape index (κ3) is 2.76. The summed E-state index contributed by atoms with van der Waals surface area (Å²) in [7, 11) is 1.89. The maximum atomic E-state index is 4.10. The van der Waals surface area contributed by atoms with E-state index >= 15 is 0 Å². The number of hydrogen-bond acceptors (Lipinski definition) is 4. The second kappa shape index (κ2) is 4.39. The highest BCUT2D eigenvalue weighted by atomic mass is 79.9. The van der Waals surface area contributed by atoms with Gasteiger partial charge in [0, 0.05) is 37.7 Å². The highest BCUT2D eigenvalue weighted by molar-refractivity contribution is 9.10. The highest BCUT2D eigenvalue weighted by Crippen LogP contribution is 2.07. The minimum Gasteiger partial charge on any atom is -0.350 e. The molecule has 15 heavy (non-hydrogen) atoms. The summed E-state index contributed by atoms with van der Waals surface area (Å²) in [5.41, 5.74) is 1.10. The highest BCUT2D eigenvalue weighted by Gasteiger charge is 1.98. The lowest BCUT2D eigenvalue weighted by molar-refractivity contribution is 0.767. The van der Waals surface area contributed by atoms with Gasteiger partial charge in [0.25, 0.3) is 0 Å². The Bertz CT molecular complexity index is 436. The number of rotatable bonds is 3. The van der Waals surface area contributed by atoms with Crippen LogP contribution in [-0.4, -0.2) is 19.7 Å². The number of aryl methyl sites for hydroxylation is 1. The molecule has 2 aromatic rings. The molecular weight excluding hydrogens is 258 g/mol. The molecule has 5 nitrogen and oxygen atoms in total. The van der Waals surface area contributed by atoms with Crippen molar-refractivity contribution in [1.29, 1.82) is 0 Å². The molecule has 0 saturated heterocycles. The minimum absolute atomic E-state index is 0.613. The number of halogens is 1. The van der Waals surface area contributed by atoms with Gasteiger partial charge in [-0.2, -0.15) is 5.10 Å². The van der Waals surface area contributed by atoms with Crippen molar-refractivity contribution in [3.8, 4) is 0 Å². The topological polar surface area (TPSA) is 55.6 Å². The molecule has 0 unspecified atom stereocenters. The van der Waals surface area contributed by atoms with Gasteiger partial charge in [0.05, 0.1) is 10.7 Å². The first kappa shape index (κ1) is 10.1. The molecule has 0 aliphatic heterocycles. The van der Waals surface area contributed by atoms with E-state index in [1.165, 1.54) is 0 Å². The van der Waals surface area contributed by atoms with Crippen LogP contribution < -0.4 is 5.32 Å². The van der Waals surface area contributed by atoms with E-state index in [4.69, 9.17) is 0 Å². The molecule has 6 heteroatoms. The van der Waals surface area contributed by atoms with Crippen LogP contribution >= 0.6 is 15.9 Å². The molecule has 0 amide bonds. The molecule has 2 aromatic heterocycles. The molecule has 0 atom stereocenters. The Balaban J connectivity index is 1.96. The summed E-state index contributed by atoms with van der Waals surface area (Å²) >= 11 is 3.28. The molecule has 0 radical (unpaired) electrons. The fourth-order valence-corrected chi connectivity index (χ4v) is 1.35. The largest absolute Gasteiger partial charge is 0.350 e. The second-order valence-electron chi connectivity index (χ2n) is 3.10. The third-order valence-electron chi connectivity index (χ3n) is 1.83. The minimum atomic E-state index is 0.613. The van der Waals surface area contributed by atoms with Gasteiger partial charge in [-0.05, 0) is 15.9 Å². The van der Waals surface area contributed by atoms with E-state index in [9.17, 15) is 0 Å². The van der Waals surface area contributed by atoms with Crippen molar-refractivity contribution < 1.29 is 0 Å². The molecular formula is C9H10BrN5. The van der Waals surface area contributed by atoms with Crippen molar-refractivity contribution in [3.05, 3.63) is 34.8 Å². The first-order valence-electron chi connectivity index (χ1n) is 4.43. The lowest BCUT2D eigenvalue weighted by atomic mass is 10.4. The van der Waals surface area contributed by atoms with Crippen molar-refractivity contribution >= 4 is 21.9 Å². The summed E-state index contributed by atoms with van der Waals surface area (Å²) in [6.07, 6.45) is 7.18. The fraction of sp³-hybridized carbons (Fsp3) is 0.222. The molecule has 0 spiro atoms. The van der Waals surface area contributed by atoms with Gasteiger partial charge in [0.15, 0.2) is 0 Å². The van der Waals surface area contributed by atoms with Gasteiger partial charge in [-0.1, -0.05) is 0 Å². The van der Waals surface area contributed by atoms with E-state index in [1.807, 2.05) is 19.4 Å². The van der Waals surface area contributed by atoms with E-state index in [-0.39, 0.29) is 0 Å². The molecule has 1 N–H and O–H groups in total. The monoisotopic (exact) mass is 267 g/mol. The van der Waals surface area contributed by atoms with Crippen molar-refractivity contribution in [2.45, 2.75) is 6.54 Å². The molecule has 0 aliphatic carbocycles. The van der Waals surface area contributed by atoms with Gasteiger partial charge in [0.2, 0.25) is 5.95 Å². The normalized spacial score (nSPS) is 10.3. The zero-order valence-corrected chi connectivity index (χ0v) is 9.77. The van der Waals surface area contributed by atoms with Crippen molar-refractivity contribution in [1.82, 2.24) is 19.7 Å². The van der Waals surface area contributed by atoms with Gasteiger partial charge in [-0.15, -0.1) is 0 Å². The van der Waals surface area contributed by atoms with E-state index < -0.39 is 0 Å². The first-order valence-corrected chi connectivity index (χ1v) is 5.22. The summed E-state index contributed by atoms with van der Waals surface area (Å²) in [5, 5.41) is 7.18. The molecule has 2 heterocycles. The molecule has 2 rings (SSSR count). The zero-order chi connectivity index (χ0) is 10.7. The van der Waals surface area contributed by atoms with Crippen LogP contribution in [0.1, 0.15) is 5.56 Å². The maximum Gasteiger partial charge on any atom is 0.222 e. The average Bonchev–Trinajstić information content (AvgIpc) is 2.64. The molecule has 0 fully saturated rings. The Morgan fingerprint density at radius 1 is 1.33 bits per heavy atom. The maximum absolute atomic E-state index is 4.10. The summed E-state index contributed by atoms with van der Waals surface area (Å²) < 4.78 is 2.63. The summed E-state index contributed by atoms with van der Waals surface area (Å²) in [6.45, 7) is 0.676. The SMILES string of the molecule is Cn1cc(CNc2ncc(Br)cn2)cn1. The lowest BCUT2D eigenvalue weighted by Gasteiger charge is -2.01. The van der Waals surface area contributed by atoms with Crippen LogP contribution in [0.25, 0.3) is 0 Å². The molecule has 0 bridgehead atoms. The van der Waals surface area contributed by atoms with E-state index in [0.29, 0.717) is 12.5 Å². The van der Waals surface area contributed by atoms with Crippen LogP contribution in [0, 0.1) is 0 Å². The summed E-state index contributed by atoms with van der Waals surface area (Å²) in [6, 6.07) is 0. The van der Waals surface area contributed by atoms with Gasteiger partial charge in [-0.25, -0.2) is 9.97 Å². The first-order chi connectivity index (χ1) is 7.24. The van der Waals surface area contributed by atoms with Gasteiger partial charge < -0.3 is 5.32 Å². The molecule has 78 valence electrons. The smallest absolute Gasteiger partial charge is 0.222 e. The van der Waals surface area contributed by atoms with E-state index in [0.717, 1.165) is 10.0 Å².